The van der Waals surface area contributed by atoms with Crippen molar-refractivity contribution in [3.05, 3.63) is 47.7 Å². The van der Waals surface area contributed by atoms with Gasteiger partial charge in [0.2, 0.25) is 0 Å². The van der Waals surface area contributed by atoms with Crippen LogP contribution in [-0.4, -0.2) is 22.4 Å². The molecule has 1 aliphatic rings. The first-order valence-corrected chi connectivity index (χ1v) is 8.15. The zero-order valence-corrected chi connectivity index (χ0v) is 13.7. The average molecular weight is 323 g/mol. The molecule has 6 heteroatoms. The highest BCUT2D eigenvalue weighted by Gasteiger charge is 2.44. The fraction of sp³-hybridized carbons (Fsp3) is 0.389. The molecule has 2 N–H and O–H groups in total. The standard InChI is InChI=1S/C18H21N5O/c1-14-12-16(23(22-14)11-5-10-19)21-17(24)20-13-18(8-9-18)15-6-3-2-4-7-15/h2-4,6-7,12H,5,8-9,11,13H2,1H3,(H2,20,21,24). The molecule has 0 bridgehead atoms. The molecule has 1 fully saturated rings. The van der Waals surface area contributed by atoms with Crippen molar-refractivity contribution in [3.8, 4) is 6.07 Å². The zero-order valence-electron chi connectivity index (χ0n) is 13.7. The van der Waals surface area contributed by atoms with Gasteiger partial charge in [0.05, 0.1) is 24.7 Å². The molecule has 3 rings (SSSR count). The largest absolute Gasteiger partial charge is 0.337 e. The molecule has 1 aromatic heterocycles. The molecule has 0 unspecified atom stereocenters. The molecule has 0 atom stereocenters. The summed E-state index contributed by atoms with van der Waals surface area (Å²) < 4.78 is 1.65. The first-order valence-electron chi connectivity index (χ1n) is 8.15. The van der Waals surface area contributed by atoms with E-state index in [2.05, 4.69) is 33.9 Å². The molecule has 2 amide bonds. The Hall–Kier alpha value is -2.81. The molecule has 1 heterocycles. The van der Waals surface area contributed by atoms with E-state index in [9.17, 15) is 4.79 Å². The number of hydrogen-bond acceptors (Lipinski definition) is 3. The summed E-state index contributed by atoms with van der Waals surface area (Å²) in [6, 6.07) is 14.0. The number of rotatable bonds is 6. The van der Waals surface area contributed by atoms with Crippen molar-refractivity contribution in [3.63, 3.8) is 0 Å². The maximum atomic E-state index is 12.2. The number of nitrogens with zero attached hydrogens (tertiary/aromatic N) is 3. The highest BCUT2D eigenvalue weighted by molar-refractivity contribution is 5.88. The minimum Gasteiger partial charge on any atom is -0.337 e. The molecule has 24 heavy (non-hydrogen) atoms. The van der Waals surface area contributed by atoms with Gasteiger partial charge in [-0.05, 0) is 25.3 Å². The molecule has 1 aromatic carbocycles. The van der Waals surface area contributed by atoms with Crippen LogP contribution < -0.4 is 10.6 Å². The molecular formula is C18H21N5O. The van der Waals surface area contributed by atoms with Crippen LogP contribution in [0.3, 0.4) is 0 Å². The molecular weight excluding hydrogens is 302 g/mol. The maximum Gasteiger partial charge on any atom is 0.320 e. The maximum absolute atomic E-state index is 12.2. The van der Waals surface area contributed by atoms with Crippen molar-refractivity contribution in [2.24, 2.45) is 0 Å². The fourth-order valence-corrected chi connectivity index (χ4v) is 2.89. The third-order valence-corrected chi connectivity index (χ3v) is 4.41. The Bertz CT molecular complexity index is 755. The number of aromatic nitrogens is 2. The van der Waals surface area contributed by atoms with Gasteiger partial charge in [-0.25, -0.2) is 9.48 Å². The van der Waals surface area contributed by atoms with Crippen LogP contribution in [-0.2, 0) is 12.0 Å². The molecule has 0 saturated heterocycles. The van der Waals surface area contributed by atoms with Crippen LogP contribution in [0, 0.1) is 18.3 Å². The molecule has 0 radical (unpaired) electrons. The predicted molar refractivity (Wildman–Crippen MR) is 91.6 cm³/mol. The number of nitrogens with one attached hydrogen (secondary N) is 2. The summed E-state index contributed by atoms with van der Waals surface area (Å²) >= 11 is 0. The van der Waals surface area contributed by atoms with Gasteiger partial charge in [0.1, 0.15) is 5.82 Å². The monoisotopic (exact) mass is 323 g/mol. The number of hydrogen-bond donors (Lipinski definition) is 2. The number of urea groups is 1. The van der Waals surface area contributed by atoms with Gasteiger partial charge >= 0.3 is 6.03 Å². The molecule has 124 valence electrons. The minimum absolute atomic E-state index is 0.0789. The van der Waals surface area contributed by atoms with Crippen LogP contribution in [0.2, 0.25) is 0 Å². The zero-order chi connectivity index (χ0) is 17.0. The van der Waals surface area contributed by atoms with E-state index in [0.29, 0.717) is 25.3 Å². The smallest absolute Gasteiger partial charge is 0.320 e. The molecule has 0 spiro atoms. The second-order valence-corrected chi connectivity index (χ2v) is 6.26. The van der Waals surface area contributed by atoms with Gasteiger partial charge in [-0.1, -0.05) is 30.3 Å². The lowest BCUT2D eigenvalue weighted by molar-refractivity contribution is 0.251. The molecule has 1 aliphatic carbocycles. The van der Waals surface area contributed by atoms with Crippen molar-refractivity contribution in [2.75, 3.05) is 11.9 Å². The quantitative estimate of drug-likeness (QED) is 0.857. The van der Waals surface area contributed by atoms with E-state index in [4.69, 9.17) is 5.26 Å². The number of anilines is 1. The molecule has 2 aromatic rings. The van der Waals surface area contributed by atoms with Crippen molar-refractivity contribution in [1.82, 2.24) is 15.1 Å². The van der Waals surface area contributed by atoms with E-state index in [1.165, 1.54) is 5.56 Å². The summed E-state index contributed by atoms with van der Waals surface area (Å²) in [4.78, 5) is 12.2. The summed E-state index contributed by atoms with van der Waals surface area (Å²) in [5, 5.41) is 18.8. The van der Waals surface area contributed by atoms with Gasteiger partial charge in [0.25, 0.3) is 0 Å². The number of nitriles is 1. The number of carbonyl (C=O) groups is 1. The lowest BCUT2D eigenvalue weighted by Crippen LogP contribution is -2.35. The highest BCUT2D eigenvalue weighted by Crippen LogP contribution is 2.47. The topological polar surface area (TPSA) is 82.7 Å². The second-order valence-electron chi connectivity index (χ2n) is 6.26. The van der Waals surface area contributed by atoms with Gasteiger partial charge in [0, 0.05) is 18.0 Å². The van der Waals surface area contributed by atoms with E-state index in [1.54, 1.807) is 10.7 Å². The Labute approximate surface area is 141 Å². The Morgan fingerprint density at radius 1 is 1.38 bits per heavy atom. The average Bonchev–Trinajstić information content (AvgIpc) is 3.31. The van der Waals surface area contributed by atoms with Gasteiger partial charge in [-0.15, -0.1) is 0 Å². The van der Waals surface area contributed by atoms with Gasteiger partial charge in [-0.3, -0.25) is 5.32 Å². The number of benzene rings is 1. The summed E-state index contributed by atoms with van der Waals surface area (Å²) in [5.74, 6) is 0.616. The summed E-state index contributed by atoms with van der Waals surface area (Å²) in [7, 11) is 0. The number of amides is 2. The van der Waals surface area contributed by atoms with E-state index in [0.717, 1.165) is 18.5 Å². The van der Waals surface area contributed by atoms with Crippen LogP contribution in [0.4, 0.5) is 10.6 Å². The van der Waals surface area contributed by atoms with Gasteiger partial charge < -0.3 is 5.32 Å². The lowest BCUT2D eigenvalue weighted by atomic mass is 9.96. The number of aryl methyl sites for hydroxylation is 2. The first kappa shape index (κ1) is 16.1. The third kappa shape index (κ3) is 3.57. The van der Waals surface area contributed by atoms with Crippen LogP contribution in [0.5, 0.6) is 0 Å². The minimum atomic E-state index is -0.240. The SMILES string of the molecule is Cc1cc(NC(=O)NCC2(c3ccccc3)CC2)n(CCC#N)n1. The Morgan fingerprint density at radius 3 is 2.79 bits per heavy atom. The normalized spacial score (nSPS) is 14.7. The molecule has 6 nitrogen and oxygen atoms in total. The second kappa shape index (κ2) is 6.75. The summed E-state index contributed by atoms with van der Waals surface area (Å²) in [6.07, 6.45) is 2.54. The predicted octanol–water partition coefficient (Wildman–Crippen LogP) is 2.96. The van der Waals surface area contributed by atoms with Crippen LogP contribution >= 0.6 is 0 Å². The van der Waals surface area contributed by atoms with Crippen molar-refractivity contribution < 1.29 is 4.79 Å². The van der Waals surface area contributed by atoms with Gasteiger partial charge in [-0.2, -0.15) is 10.4 Å². The molecule has 1 saturated carbocycles. The summed E-state index contributed by atoms with van der Waals surface area (Å²) in [5.41, 5.74) is 2.17. The Morgan fingerprint density at radius 2 is 2.12 bits per heavy atom. The van der Waals surface area contributed by atoms with E-state index in [-0.39, 0.29) is 11.4 Å². The van der Waals surface area contributed by atoms with Crippen LogP contribution in [0.15, 0.2) is 36.4 Å². The van der Waals surface area contributed by atoms with E-state index in [1.807, 2.05) is 25.1 Å². The highest BCUT2D eigenvalue weighted by atomic mass is 16.2. The van der Waals surface area contributed by atoms with Crippen LogP contribution in [0.1, 0.15) is 30.5 Å². The van der Waals surface area contributed by atoms with Crippen molar-refractivity contribution in [1.29, 1.82) is 5.26 Å². The van der Waals surface area contributed by atoms with Crippen molar-refractivity contribution in [2.45, 2.75) is 38.1 Å². The van der Waals surface area contributed by atoms with E-state index >= 15 is 0 Å². The Balaban J connectivity index is 1.58. The summed E-state index contributed by atoms with van der Waals surface area (Å²) in [6.45, 7) is 2.95. The first-order chi connectivity index (χ1) is 11.6. The number of carbonyl (C=O) groups excluding carboxylic acids is 1. The van der Waals surface area contributed by atoms with Crippen molar-refractivity contribution >= 4 is 11.8 Å². The lowest BCUT2D eigenvalue weighted by Gasteiger charge is -2.17. The van der Waals surface area contributed by atoms with E-state index < -0.39 is 0 Å². The van der Waals surface area contributed by atoms with Crippen LogP contribution in [0.25, 0.3) is 0 Å². The third-order valence-electron chi connectivity index (χ3n) is 4.41. The fourth-order valence-electron chi connectivity index (χ4n) is 2.89. The van der Waals surface area contributed by atoms with Gasteiger partial charge in [0.15, 0.2) is 0 Å². The molecule has 0 aliphatic heterocycles. The Kier molecular flexibility index (Phi) is 4.52.